The van der Waals surface area contributed by atoms with E-state index in [9.17, 15) is 4.79 Å². The summed E-state index contributed by atoms with van der Waals surface area (Å²) < 4.78 is 1.60. The number of nitrogens with one attached hydrogen (secondary N) is 2. The number of hydrogen-bond donors (Lipinski definition) is 2. The highest BCUT2D eigenvalue weighted by Crippen LogP contribution is 2.10. The summed E-state index contributed by atoms with van der Waals surface area (Å²) in [5.41, 5.74) is 0. The molecule has 2 aromatic heterocycles. The molecule has 2 heterocycles. The average Bonchev–Trinajstić information content (AvgIpc) is 2.85. The lowest BCUT2D eigenvalue weighted by Gasteiger charge is -2.05. The molecular weight excluding hydrogens is 280 g/mol. The monoisotopic (exact) mass is 294 g/mol. The number of rotatable bonds is 7. The van der Waals surface area contributed by atoms with Gasteiger partial charge < -0.3 is 10.6 Å². The van der Waals surface area contributed by atoms with Gasteiger partial charge in [0.05, 0.1) is 12.7 Å². The second-order valence-electron chi connectivity index (χ2n) is 3.75. The Labute approximate surface area is 119 Å². The van der Waals surface area contributed by atoms with Crippen LogP contribution in [0.3, 0.4) is 0 Å². The van der Waals surface area contributed by atoms with Gasteiger partial charge in [0.25, 0.3) is 0 Å². The Morgan fingerprint density at radius 3 is 3.05 bits per heavy atom. The zero-order chi connectivity index (χ0) is 14.2. The SMILES string of the molecule is Cn1nnnc1SCCNCC(=O)Nc1cnccn1. The Morgan fingerprint density at radius 2 is 2.35 bits per heavy atom. The van der Waals surface area contributed by atoms with Gasteiger partial charge in [0.1, 0.15) is 0 Å². The standard InChI is InChI=1S/C10H14N8OS/c1-18-10(15-16-17-18)20-5-4-12-7-9(19)14-8-6-11-2-3-13-8/h2-3,6,12H,4-5,7H2,1H3,(H,13,14,19). The fourth-order valence-electron chi connectivity index (χ4n) is 1.31. The molecule has 2 rings (SSSR count). The molecule has 9 nitrogen and oxygen atoms in total. The van der Waals surface area contributed by atoms with Crippen LogP contribution in [0.25, 0.3) is 0 Å². The first-order chi connectivity index (χ1) is 9.75. The summed E-state index contributed by atoms with van der Waals surface area (Å²) in [6, 6.07) is 0. The van der Waals surface area contributed by atoms with Gasteiger partial charge in [-0.25, -0.2) is 9.67 Å². The number of carbonyl (C=O) groups excluding carboxylic acids is 1. The maximum Gasteiger partial charge on any atom is 0.239 e. The lowest BCUT2D eigenvalue weighted by atomic mass is 10.5. The summed E-state index contributed by atoms with van der Waals surface area (Å²) in [4.78, 5) is 19.4. The smallest absolute Gasteiger partial charge is 0.239 e. The van der Waals surface area contributed by atoms with Crippen molar-refractivity contribution in [3.05, 3.63) is 18.6 Å². The normalized spacial score (nSPS) is 10.4. The highest BCUT2D eigenvalue weighted by molar-refractivity contribution is 7.99. The van der Waals surface area contributed by atoms with Gasteiger partial charge >= 0.3 is 0 Å². The van der Waals surface area contributed by atoms with Gasteiger partial charge in [-0.05, 0) is 10.4 Å². The summed E-state index contributed by atoms with van der Waals surface area (Å²) in [5.74, 6) is 1.06. The molecule has 0 spiro atoms. The number of amides is 1. The van der Waals surface area contributed by atoms with Gasteiger partial charge in [-0.2, -0.15) is 0 Å². The van der Waals surface area contributed by atoms with Gasteiger partial charge in [0, 0.05) is 31.7 Å². The van der Waals surface area contributed by atoms with Crippen LogP contribution in [0.2, 0.25) is 0 Å². The minimum atomic E-state index is -0.157. The summed E-state index contributed by atoms with van der Waals surface area (Å²) in [5, 5.41) is 17.5. The average molecular weight is 294 g/mol. The predicted molar refractivity (Wildman–Crippen MR) is 73.1 cm³/mol. The van der Waals surface area contributed by atoms with Gasteiger partial charge in [-0.15, -0.1) is 5.10 Å². The summed E-state index contributed by atoms with van der Waals surface area (Å²) >= 11 is 1.52. The minimum absolute atomic E-state index is 0.157. The third kappa shape index (κ3) is 4.55. The van der Waals surface area contributed by atoms with E-state index in [0.717, 1.165) is 10.9 Å². The quantitative estimate of drug-likeness (QED) is 0.510. The van der Waals surface area contributed by atoms with E-state index in [1.807, 2.05) is 0 Å². The number of nitrogens with zero attached hydrogens (tertiary/aromatic N) is 6. The van der Waals surface area contributed by atoms with Crippen LogP contribution in [0.5, 0.6) is 0 Å². The molecule has 106 valence electrons. The molecule has 0 aromatic carbocycles. The first-order valence-electron chi connectivity index (χ1n) is 5.87. The number of aromatic nitrogens is 6. The van der Waals surface area contributed by atoms with Crippen LogP contribution in [0.15, 0.2) is 23.7 Å². The van der Waals surface area contributed by atoms with Crippen LogP contribution in [0.1, 0.15) is 0 Å². The first kappa shape index (κ1) is 14.3. The van der Waals surface area contributed by atoms with Crippen molar-refractivity contribution in [3.63, 3.8) is 0 Å². The molecule has 2 N–H and O–H groups in total. The van der Waals surface area contributed by atoms with Crippen LogP contribution in [0.4, 0.5) is 5.82 Å². The number of anilines is 1. The third-order valence-electron chi connectivity index (χ3n) is 2.21. The fraction of sp³-hybridized carbons (Fsp3) is 0.400. The van der Waals surface area contributed by atoms with E-state index < -0.39 is 0 Å². The summed E-state index contributed by atoms with van der Waals surface area (Å²) in [6.07, 6.45) is 4.57. The molecular formula is C10H14N8OS. The van der Waals surface area contributed by atoms with Crippen molar-refractivity contribution in [1.29, 1.82) is 0 Å². The van der Waals surface area contributed by atoms with Gasteiger partial charge in [0.2, 0.25) is 11.1 Å². The number of hydrogen-bond acceptors (Lipinski definition) is 8. The molecule has 0 unspecified atom stereocenters. The van der Waals surface area contributed by atoms with Crippen LogP contribution in [-0.4, -0.2) is 54.9 Å². The largest absolute Gasteiger partial charge is 0.308 e. The highest BCUT2D eigenvalue weighted by Gasteiger charge is 2.04. The first-order valence-corrected chi connectivity index (χ1v) is 6.86. The molecule has 0 fully saturated rings. The molecule has 0 saturated heterocycles. The van der Waals surface area contributed by atoms with Crippen LogP contribution >= 0.6 is 11.8 Å². The second-order valence-corrected chi connectivity index (χ2v) is 4.81. The fourth-order valence-corrected chi connectivity index (χ4v) is 2.06. The summed E-state index contributed by atoms with van der Waals surface area (Å²) in [7, 11) is 1.78. The van der Waals surface area contributed by atoms with E-state index in [2.05, 4.69) is 36.1 Å². The molecule has 0 bridgehead atoms. The van der Waals surface area contributed by atoms with E-state index in [0.29, 0.717) is 12.4 Å². The van der Waals surface area contributed by atoms with Gasteiger partial charge in [0.15, 0.2) is 5.82 Å². The zero-order valence-corrected chi connectivity index (χ0v) is 11.7. The maximum absolute atomic E-state index is 11.6. The minimum Gasteiger partial charge on any atom is -0.308 e. The lowest BCUT2D eigenvalue weighted by molar-refractivity contribution is -0.115. The molecule has 2 aromatic rings. The van der Waals surface area contributed by atoms with E-state index in [1.165, 1.54) is 24.2 Å². The van der Waals surface area contributed by atoms with Crippen molar-refractivity contribution in [2.45, 2.75) is 5.16 Å². The van der Waals surface area contributed by atoms with E-state index in [-0.39, 0.29) is 12.5 Å². The van der Waals surface area contributed by atoms with Crippen LogP contribution in [-0.2, 0) is 11.8 Å². The Kier molecular flexibility index (Phi) is 5.38. The molecule has 0 atom stereocenters. The van der Waals surface area contributed by atoms with Crippen molar-refractivity contribution in [2.24, 2.45) is 7.05 Å². The number of aryl methyl sites for hydroxylation is 1. The molecule has 0 radical (unpaired) electrons. The van der Waals surface area contributed by atoms with E-state index >= 15 is 0 Å². The highest BCUT2D eigenvalue weighted by atomic mass is 32.2. The van der Waals surface area contributed by atoms with E-state index in [4.69, 9.17) is 0 Å². The van der Waals surface area contributed by atoms with Crippen molar-refractivity contribution < 1.29 is 4.79 Å². The lowest BCUT2D eigenvalue weighted by Crippen LogP contribution is -2.29. The summed E-state index contributed by atoms with van der Waals surface area (Å²) in [6.45, 7) is 0.889. The molecule has 0 saturated carbocycles. The second kappa shape index (κ2) is 7.50. The molecule has 0 aliphatic heterocycles. The van der Waals surface area contributed by atoms with Gasteiger partial charge in [-0.3, -0.25) is 9.78 Å². The molecule has 0 aliphatic carbocycles. The van der Waals surface area contributed by atoms with Crippen LogP contribution < -0.4 is 10.6 Å². The Bertz CT molecular complexity index is 545. The topological polar surface area (TPSA) is 111 Å². The number of tetrazole rings is 1. The number of carbonyl (C=O) groups is 1. The van der Waals surface area contributed by atoms with Crippen molar-refractivity contribution in [1.82, 2.24) is 35.5 Å². The molecule has 0 aliphatic rings. The van der Waals surface area contributed by atoms with Crippen molar-refractivity contribution in [2.75, 3.05) is 24.2 Å². The molecule has 1 amide bonds. The Morgan fingerprint density at radius 1 is 1.45 bits per heavy atom. The Hall–Kier alpha value is -2.07. The van der Waals surface area contributed by atoms with Crippen molar-refractivity contribution in [3.8, 4) is 0 Å². The Balaban J connectivity index is 1.59. The molecule has 10 heteroatoms. The molecule has 20 heavy (non-hydrogen) atoms. The van der Waals surface area contributed by atoms with Crippen LogP contribution in [0, 0.1) is 0 Å². The van der Waals surface area contributed by atoms with Gasteiger partial charge in [-0.1, -0.05) is 11.8 Å². The van der Waals surface area contributed by atoms with Crippen molar-refractivity contribution >= 4 is 23.5 Å². The maximum atomic E-state index is 11.6. The predicted octanol–water partition coefficient (Wildman–Crippen LogP) is -0.679. The van der Waals surface area contributed by atoms with E-state index in [1.54, 1.807) is 17.9 Å². The number of thioether (sulfide) groups is 1. The zero-order valence-electron chi connectivity index (χ0n) is 10.9. The third-order valence-corrected chi connectivity index (χ3v) is 3.22.